The fourth-order valence-corrected chi connectivity index (χ4v) is 2.32. The van der Waals surface area contributed by atoms with Crippen molar-refractivity contribution < 1.29 is 4.74 Å². The molecule has 2 rings (SSSR count). The van der Waals surface area contributed by atoms with E-state index in [2.05, 4.69) is 11.9 Å². The van der Waals surface area contributed by atoms with Crippen LogP contribution in [0.1, 0.15) is 31.4 Å². The van der Waals surface area contributed by atoms with Gasteiger partial charge in [-0.3, -0.25) is 4.98 Å². The highest BCUT2D eigenvalue weighted by Gasteiger charge is 2.32. The van der Waals surface area contributed by atoms with Crippen LogP contribution >= 0.6 is 0 Å². The molecule has 0 aliphatic carbocycles. The van der Waals surface area contributed by atoms with E-state index in [4.69, 9.17) is 10.5 Å². The average molecular weight is 206 g/mol. The van der Waals surface area contributed by atoms with Crippen molar-refractivity contribution in [2.75, 3.05) is 6.61 Å². The topological polar surface area (TPSA) is 48.1 Å². The normalized spacial score (nSPS) is 27.9. The summed E-state index contributed by atoms with van der Waals surface area (Å²) in [6.07, 6.45) is 6.06. The third-order valence-electron chi connectivity index (χ3n) is 3.19. The summed E-state index contributed by atoms with van der Waals surface area (Å²) in [6, 6.07) is 4.04. The molecule has 1 aromatic rings. The minimum absolute atomic E-state index is 0.0612. The van der Waals surface area contributed by atoms with Crippen molar-refractivity contribution in [2.24, 2.45) is 11.7 Å². The lowest BCUT2D eigenvalue weighted by molar-refractivity contribution is 0.0813. The first-order chi connectivity index (χ1) is 7.33. The molecule has 3 heteroatoms. The summed E-state index contributed by atoms with van der Waals surface area (Å²) in [7, 11) is 0. The van der Waals surface area contributed by atoms with Gasteiger partial charge < -0.3 is 10.5 Å². The van der Waals surface area contributed by atoms with Crippen LogP contribution in [-0.4, -0.2) is 17.7 Å². The van der Waals surface area contributed by atoms with Crippen molar-refractivity contribution in [2.45, 2.75) is 31.9 Å². The third-order valence-corrected chi connectivity index (χ3v) is 3.19. The molecule has 0 radical (unpaired) electrons. The van der Waals surface area contributed by atoms with Gasteiger partial charge in [0, 0.05) is 31.0 Å². The number of ether oxygens (including phenoxy) is 1. The van der Waals surface area contributed by atoms with Crippen LogP contribution in [0.2, 0.25) is 0 Å². The first-order valence-electron chi connectivity index (χ1n) is 5.60. The fraction of sp³-hybridized carbons (Fsp3) is 0.583. The van der Waals surface area contributed by atoms with Crippen LogP contribution in [0.15, 0.2) is 24.5 Å². The summed E-state index contributed by atoms with van der Waals surface area (Å²) in [4.78, 5) is 4.11. The Labute approximate surface area is 90.7 Å². The van der Waals surface area contributed by atoms with E-state index in [1.807, 2.05) is 18.3 Å². The van der Waals surface area contributed by atoms with Crippen LogP contribution in [0.25, 0.3) is 0 Å². The summed E-state index contributed by atoms with van der Waals surface area (Å²) in [5, 5.41) is 0. The molecule has 1 aromatic heterocycles. The average Bonchev–Trinajstić information content (AvgIpc) is 2.77. The second-order valence-corrected chi connectivity index (χ2v) is 4.08. The lowest BCUT2D eigenvalue weighted by atomic mass is 9.88. The van der Waals surface area contributed by atoms with Gasteiger partial charge in [0.15, 0.2) is 0 Å². The fourth-order valence-electron chi connectivity index (χ4n) is 2.32. The van der Waals surface area contributed by atoms with E-state index < -0.39 is 0 Å². The van der Waals surface area contributed by atoms with Gasteiger partial charge in [-0.1, -0.05) is 13.0 Å². The molecule has 82 valence electrons. The van der Waals surface area contributed by atoms with Crippen LogP contribution in [-0.2, 0) is 4.74 Å². The molecule has 0 amide bonds. The van der Waals surface area contributed by atoms with Gasteiger partial charge in [0.1, 0.15) is 0 Å². The van der Waals surface area contributed by atoms with Gasteiger partial charge in [0.25, 0.3) is 0 Å². The standard InChI is InChI=1S/C12H18N2O/c1-2-11-10(5-7-15-11)12(13)9-4-3-6-14-8-9/h3-4,6,8,10-12H,2,5,7,13H2,1H3. The van der Waals surface area contributed by atoms with Crippen molar-refractivity contribution >= 4 is 0 Å². The number of pyridine rings is 1. The molecule has 0 saturated carbocycles. The quantitative estimate of drug-likeness (QED) is 0.821. The van der Waals surface area contributed by atoms with Crippen LogP contribution in [0, 0.1) is 5.92 Å². The molecule has 2 N–H and O–H groups in total. The first kappa shape index (κ1) is 10.6. The van der Waals surface area contributed by atoms with Gasteiger partial charge in [-0.05, 0) is 24.5 Å². The second-order valence-electron chi connectivity index (χ2n) is 4.08. The molecule has 1 aliphatic heterocycles. The molecule has 1 fully saturated rings. The molecule has 2 heterocycles. The molecule has 0 bridgehead atoms. The summed E-state index contributed by atoms with van der Waals surface area (Å²) in [6.45, 7) is 3.00. The molecule has 3 unspecified atom stereocenters. The number of nitrogens with zero attached hydrogens (tertiary/aromatic N) is 1. The van der Waals surface area contributed by atoms with Gasteiger partial charge in [-0.2, -0.15) is 0 Å². The Morgan fingerprint density at radius 2 is 2.53 bits per heavy atom. The SMILES string of the molecule is CCC1OCCC1C(N)c1cccnc1. The summed E-state index contributed by atoms with van der Waals surface area (Å²) in [5.74, 6) is 0.444. The summed E-state index contributed by atoms with van der Waals surface area (Å²) >= 11 is 0. The van der Waals surface area contributed by atoms with Crippen molar-refractivity contribution in [1.82, 2.24) is 4.98 Å². The number of hydrogen-bond donors (Lipinski definition) is 1. The molecule has 3 atom stereocenters. The van der Waals surface area contributed by atoms with Crippen molar-refractivity contribution in [3.05, 3.63) is 30.1 Å². The molecule has 3 nitrogen and oxygen atoms in total. The Kier molecular flexibility index (Phi) is 3.34. The summed E-state index contributed by atoms with van der Waals surface area (Å²) < 4.78 is 5.66. The Balaban J connectivity index is 2.10. The highest BCUT2D eigenvalue weighted by Crippen LogP contribution is 2.32. The predicted molar refractivity (Wildman–Crippen MR) is 59.3 cm³/mol. The van der Waals surface area contributed by atoms with Crippen LogP contribution < -0.4 is 5.73 Å². The minimum atomic E-state index is 0.0612. The van der Waals surface area contributed by atoms with E-state index in [1.54, 1.807) is 6.20 Å². The largest absolute Gasteiger partial charge is 0.378 e. The molecular weight excluding hydrogens is 188 g/mol. The smallest absolute Gasteiger partial charge is 0.0619 e. The molecule has 0 spiro atoms. The van der Waals surface area contributed by atoms with Gasteiger partial charge in [0.2, 0.25) is 0 Å². The van der Waals surface area contributed by atoms with E-state index in [1.165, 1.54) is 0 Å². The van der Waals surface area contributed by atoms with Crippen molar-refractivity contribution in [1.29, 1.82) is 0 Å². The number of aromatic nitrogens is 1. The van der Waals surface area contributed by atoms with Gasteiger partial charge >= 0.3 is 0 Å². The molecule has 0 aromatic carbocycles. The Morgan fingerprint density at radius 1 is 1.67 bits per heavy atom. The second kappa shape index (κ2) is 4.73. The highest BCUT2D eigenvalue weighted by atomic mass is 16.5. The Morgan fingerprint density at radius 3 is 3.20 bits per heavy atom. The number of hydrogen-bond acceptors (Lipinski definition) is 3. The Hall–Kier alpha value is -0.930. The van der Waals surface area contributed by atoms with Crippen molar-refractivity contribution in [3.63, 3.8) is 0 Å². The van der Waals surface area contributed by atoms with Crippen LogP contribution in [0.3, 0.4) is 0 Å². The maximum Gasteiger partial charge on any atom is 0.0619 e. The molecule has 1 saturated heterocycles. The lowest BCUT2D eigenvalue weighted by Gasteiger charge is -2.23. The van der Waals surface area contributed by atoms with E-state index in [0.29, 0.717) is 12.0 Å². The van der Waals surface area contributed by atoms with Crippen LogP contribution in [0.5, 0.6) is 0 Å². The van der Waals surface area contributed by atoms with E-state index in [0.717, 1.165) is 25.0 Å². The zero-order chi connectivity index (χ0) is 10.7. The first-order valence-corrected chi connectivity index (χ1v) is 5.60. The zero-order valence-corrected chi connectivity index (χ0v) is 9.10. The maximum absolute atomic E-state index is 6.25. The van der Waals surface area contributed by atoms with E-state index in [9.17, 15) is 0 Å². The van der Waals surface area contributed by atoms with E-state index in [-0.39, 0.29) is 6.04 Å². The van der Waals surface area contributed by atoms with E-state index >= 15 is 0 Å². The predicted octanol–water partition coefficient (Wildman–Crippen LogP) is 1.90. The number of rotatable bonds is 3. The summed E-state index contributed by atoms with van der Waals surface area (Å²) in [5.41, 5.74) is 7.36. The highest BCUT2D eigenvalue weighted by molar-refractivity contribution is 5.15. The maximum atomic E-state index is 6.25. The van der Waals surface area contributed by atoms with Crippen molar-refractivity contribution in [3.8, 4) is 0 Å². The number of nitrogens with two attached hydrogens (primary N) is 1. The van der Waals surface area contributed by atoms with Gasteiger partial charge in [-0.25, -0.2) is 0 Å². The molecular formula is C12H18N2O. The Bertz CT molecular complexity index is 302. The minimum Gasteiger partial charge on any atom is -0.378 e. The molecule has 1 aliphatic rings. The monoisotopic (exact) mass is 206 g/mol. The van der Waals surface area contributed by atoms with Gasteiger partial charge in [0.05, 0.1) is 6.10 Å². The van der Waals surface area contributed by atoms with Gasteiger partial charge in [-0.15, -0.1) is 0 Å². The zero-order valence-electron chi connectivity index (χ0n) is 9.10. The third kappa shape index (κ3) is 2.19. The van der Waals surface area contributed by atoms with Crippen LogP contribution in [0.4, 0.5) is 0 Å². The lowest BCUT2D eigenvalue weighted by Crippen LogP contribution is -2.28. The molecule has 15 heavy (non-hydrogen) atoms.